The molecule has 0 unspecified atom stereocenters. The summed E-state index contributed by atoms with van der Waals surface area (Å²) in [5.74, 6) is 0.664. The van der Waals surface area contributed by atoms with Gasteiger partial charge in [-0.15, -0.1) is 25.3 Å². The lowest BCUT2D eigenvalue weighted by Crippen LogP contribution is -2.45. The van der Waals surface area contributed by atoms with E-state index in [1.54, 1.807) is 32.0 Å². The van der Waals surface area contributed by atoms with Crippen LogP contribution in [0.3, 0.4) is 0 Å². The van der Waals surface area contributed by atoms with Gasteiger partial charge in [-0.2, -0.15) is 23.3 Å². The number of halogens is 3. The number of amides is 1. The van der Waals surface area contributed by atoms with Crippen molar-refractivity contribution in [2.75, 3.05) is 22.6 Å². The number of alkyl halides is 3. The standard InChI is InChI=1S/C20H21F3N8OS2/c1-10-15-16(30(3)11(2)17(32)27-15)28-18(26-10)29-20(33,34)13-7-25-31(9-13)8-12-4-5-14(24-6-12)19(21,22)23/h4-7,9,11,33-34H,8H2,1-3H3,(H,27,32)(H,26,28,29)/t11-/m0/s1. The zero-order chi connectivity index (χ0) is 24.8. The van der Waals surface area contributed by atoms with Crippen LogP contribution in [-0.2, 0) is 21.7 Å². The minimum absolute atomic E-state index is 0.143. The third-order valence-electron chi connectivity index (χ3n) is 5.40. The maximum absolute atomic E-state index is 12.7. The molecule has 1 aliphatic heterocycles. The van der Waals surface area contributed by atoms with Gasteiger partial charge in [0.25, 0.3) is 0 Å². The SMILES string of the molecule is Cc1nc(NC(S)(S)c2cnn(Cc3ccc(C(F)(F)F)nc3)c2)nc2c1NC(=O)[C@H](C)N2C. The van der Waals surface area contributed by atoms with Crippen molar-refractivity contribution < 1.29 is 18.0 Å². The molecule has 4 heterocycles. The fraction of sp³-hybridized carbons (Fsp3) is 0.350. The number of likely N-dealkylation sites (N-methyl/N-ethyl adjacent to an activating group) is 1. The molecule has 1 aliphatic rings. The number of aromatic nitrogens is 5. The van der Waals surface area contributed by atoms with Crippen molar-refractivity contribution in [1.29, 1.82) is 0 Å². The third-order valence-corrected chi connectivity index (χ3v) is 6.14. The first kappa shape index (κ1) is 24.1. The maximum Gasteiger partial charge on any atom is 0.433 e. The summed E-state index contributed by atoms with van der Waals surface area (Å²) in [6, 6.07) is 1.88. The number of nitrogens with one attached hydrogen (secondary N) is 2. The van der Waals surface area contributed by atoms with Gasteiger partial charge in [0.05, 0.1) is 18.4 Å². The second-order valence-electron chi connectivity index (χ2n) is 7.88. The van der Waals surface area contributed by atoms with E-state index in [9.17, 15) is 18.0 Å². The fourth-order valence-corrected chi connectivity index (χ4v) is 3.76. The Labute approximate surface area is 204 Å². The van der Waals surface area contributed by atoms with E-state index in [0.717, 1.165) is 12.3 Å². The Balaban J connectivity index is 1.52. The Morgan fingerprint density at radius 2 is 1.94 bits per heavy atom. The van der Waals surface area contributed by atoms with Gasteiger partial charge in [0.1, 0.15) is 17.4 Å². The number of fused-ring (bicyclic) bond motifs is 1. The summed E-state index contributed by atoms with van der Waals surface area (Å²) in [4.78, 5) is 26.2. The molecule has 14 heteroatoms. The van der Waals surface area contributed by atoms with Crippen LogP contribution in [0.2, 0.25) is 0 Å². The van der Waals surface area contributed by atoms with Gasteiger partial charge in [0.15, 0.2) is 10.0 Å². The van der Waals surface area contributed by atoms with Crippen LogP contribution < -0.4 is 15.5 Å². The highest BCUT2D eigenvalue weighted by Gasteiger charge is 2.33. The molecule has 1 amide bonds. The lowest BCUT2D eigenvalue weighted by atomic mass is 10.2. The second kappa shape index (κ2) is 8.65. The topological polar surface area (TPSA) is 101 Å². The van der Waals surface area contributed by atoms with Crippen molar-refractivity contribution in [2.45, 2.75) is 36.8 Å². The largest absolute Gasteiger partial charge is 0.433 e. The number of hydrogen-bond acceptors (Lipinski definition) is 9. The number of pyridine rings is 1. The highest BCUT2D eigenvalue weighted by atomic mass is 32.2. The number of carbonyl (C=O) groups is 1. The van der Waals surface area contributed by atoms with E-state index in [1.807, 2.05) is 0 Å². The summed E-state index contributed by atoms with van der Waals surface area (Å²) in [6.45, 7) is 3.73. The Hall–Kier alpha value is -3.00. The van der Waals surface area contributed by atoms with Crippen LogP contribution in [0.5, 0.6) is 0 Å². The van der Waals surface area contributed by atoms with E-state index in [2.05, 4.69) is 55.9 Å². The quantitative estimate of drug-likeness (QED) is 0.309. The Bertz CT molecular complexity index is 1230. The van der Waals surface area contributed by atoms with Gasteiger partial charge in [0, 0.05) is 25.0 Å². The first-order valence-electron chi connectivity index (χ1n) is 10.1. The first-order valence-corrected chi connectivity index (χ1v) is 10.9. The van der Waals surface area contributed by atoms with Crippen LogP contribution in [0, 0.1) is 6.92 Å². The number of anilines is 3. The molecule has 180 valence electrons. The number of thiol groups is 2. The molecule has 9 nitrogen and oxygen atoms in total. The predicted octanol–water partition coefficient (Wildman–Crippen LogP) is 3.30. The van der Waals surface area contributed by atoms with Gasteiger partial charge in [-0.05, 0) is 25.5 Å². The summed E-state index contributed by atoms with van der Waals surface area (Å²) in [6.07, 6.45) is -0.137. The van der Waals surface area contributed by atoms with E-state index in [-0.39, 0.29) is 18.4 Å². The summed E-state index contributed by atoms with van der Waals surface area (Å²) >= 11 is 9.17. The molecule has 0 saturated carbocycles. The monoisotopic (exact) mass is 510 g/mol. The lowest BCUT2D eigenvalue weighted by molar-refractivity contribution is -0.141. The van der Waals surface area contributed by atoms with Crippen molar-refractivity contribution >= 4 is 48.6 Å². The highest BCUT2D eigenvalue weighted by molar-refractivity contribution is 8.00. The summed E-state index contributed by atoms with van der Waals surface area (Å²) < 4.78 is 38.4. The number of nitrogens with zero attached hydrogens (tertiary/aromatic N) is 6. The van der Waals surface area contributed by atoms with Crippen LogP contribution in [0.25, 0.3) is 0 Å². The molecule has 0 saturated heterocycles. The van der Waals surface area contributed by atoms with Crippen molar-refractivity contribution in [3.63, 3.8) is 0 Å². The summed E-state index contributed by atoms with van der Waals surface area (Å²) in [5.41, 5.74) is 1.27. The van der Waals surface area contributed by atoms with E-state index in [0.29, 0.717) is 28.3 Å². The van der Waals surface area contributed by atoms with Gasteiger partial charge in [-0.25, -0.2) is 4.98 Å². The zero-order valence-corrected chi connectivity index (χ0v) is 20.1. The third kappa shape index (κ3) is 4.78. The van der Waals surface area contributed by atoms with Gasteiger partial charge >= 0.3 is 6.18 Å². The van der Waals surface area contributed by atoms with E-state index in [1.165, 1.54) is 16.9 Å². The number of rotatable bonds is 5. The first-order chi connectivity index (χ1) is 15.8. The van der Waals surface area contributed by atoms with E-state index in [4.69, 9.17) is 0 Å². The molecule has 0 spiro atoms. The maximum atomic E-state index is 12.7. The van der Waals surface area contributed by atoms with E-state index >= 15 is 0 Å². The molecule has 0 aliphatic carbocycles. The van der Waals surface area contributed by atoms with Gasteiger partial charge in [0.2, 0.25) is 11.9 Å². The molecule has 2 N–H and O–H groups in total. The molecular formula is C20H21F3N8OS2. The van der Waals surface area contributed by atoms with Gasteiger partial charge < -0.3 is 15.5 Å². The molecule has 3 aromatic heterocycles. The molecule has 0 aromatic carbocycles. The summed E-state index contributed by atoms with van der Waals surface area (Å²) in [5, 5.41) is 10.1. The smallest absolute Gasteiger partial charge is 0.346 e. The molecule has 4 rings (SSSR count). The van der Waals surface area contributed by atoms with Crippen molar-refractivity contribution in [2.24, 2.45) is 0 Å². The van der Waals surface area contributed by atoms with Gasteiger partial charge in [-0.1, -0.05) is 6.07 Å². The average molecular weight is 511 g/mol. The molecule has 0 fully saturated rings. The van der Waals surface area contributed by atoms with Crippen molar-refractivity contribution in [3.8, 4) is 0 Å². The Kier molecular flexibility index (Phi) is 6.14. The number of carbonyl (C=O) groups excluding carboxylic acids is 1. The minimum atomic E-state index is -4.49. The van der Waals surface area contributed by atoms with E-state index < -0.39 is 22.1 Å². The van der Waals surface area contributed by atoms with Crippen LogP contribution >= 0.6 is 25.3 Å². The predicted molar refractivity (Wildman–Crippen MR) is 127 cm³/mol. The second-order valence-corrected chi connectivity index (χ2v) is 9.58. The normalized spacial score (nSPS) is 16.3. The molecule has 1 atom stereocenters. The fourth-order valence-electron chi connectivity index (χ4n) is 3.33. The van der Waals surface area contributed by atoms with Gasteiger partial charge in [-0.3, -0.25) is 14.5 Å². The van der Waals surface area contributed by atoms with Crippen LogP contribution in [-0.4, -0.2) is 43.7 Å². The number of hydrogen-bond donors (Lipinski definition) is 4. The molecule has 3 aromatic rings. The summed E-state index contributed by atoms with van der Waals surface area (Å²) in [7, 11) is 1.77. The molecule has 0 bridgehead atoms. The lowest BCUT2D eigenvalue weighted by Gasteiger charge is -2.33. The highest BCUT2D eigenvalue weighted by Crippen LogP contribution is 2.36. The Morgan fingerprint density at radius 3 is 2.59 bits per heavy atom. The molecule has 34 heavy (non-hydrogen) atoms. The molecular weight excluding hydrogens is 489 g/mol. The Morgan fingerprint density at radius 1 is 1.21 bits per heavy atom. The van der Waals surface area contributed by atoms with Crippen LogP contribution in [0.4, 0.5) is 30.6 Å². The average Bonchev–Trinajstić information content (AvgIpc) is 3.22. The minimum Gasteiger partial charge on any atom is -0.346 e. The number of aryl methyl sites for hydroxylation is 1. The van der Waals surface area contributed by atoms with Crippen LogP contribution in [0.15, 0.2) is 30.7 Å². The zero-order valence-electron chi connectivity index (χ0n) is 18.3. The van der Waals surface area contributed by atoms with Crippen molar-refractivity contribution in [1.82, 2.24) is 24.7 Å². The van der Waals surface area contributed by atoms with Crippen molar-refractivity contribution in [3.05, 3.63) is 53.2 Å². The molecule has 0 radical (unpaired) electrons. The van der Waals surface area contributed by atoms with Crippen LogP contribution in [0.1, 0.15) is 29.4 Å².